The lowest BCUT2D eigenvalue weighted by Gasteiger charge is -2.18. The van der Waals surface area contributed by atoms with Crippen LogP contribution in [0.1, 0.15) is 22.8 Å². The molecule has 4 rings (SSSR count). The number of hydrogen-bond donors (Lipinski definition) is 3. The quantitative estimate of drug-likeness (QED) is 0.511. The van der Waals surface area contributed by atoms with Gasteiger partial charge in [-0.3, -0.25) is 19.3 Å². The molecule has 1 aliphatic rings. The number of allylic oxidation sites excluding steroid dienone is 1. The van der Waals surface area contributed by atoms with E-state index >= 15 is 0 Å². The number of thioether (sulfide) groups is 1. The van der Waals surface area contributed by atoms with E-state index in [9.17, 15) is 19.8 Å². The number of ether oxygens (including phenoxy) is 1. The van der Waals surface area contributed by atoms with Crippen molar-refractivity contribution in [1.82, 2.24) is 9.55 Å². The Morgan fingerprint density at radius 1 is 1.28 bits per heavy atom. The number of aromatic nitrogens is 2. The molecule has 0 saturated heterocycles. The van der Waals surface area contributed by atoms with Gasteiger partial charge in [0.2, 0.25) is 5.88 Å². The van der Waals surface area contributed by atoms with Crippen LogP contribution < -0.4 is 16.0 Å². The Bertz CT molecular complexity index is 1340. The Hall–Kier alpha value is -3.72. The van der Waals surface area contributed by atoms with Gasteiger partial charge in [0.05, 0.1) is 18.5 Å². The number of H-pyrrole nitrogens is 1. The van der Waals surface area contributed by atoms with Crippen LogP contribution in [0, 0.1) is 0 Å². The number of hydrogen-bond acceptors (Lipinski definition) is 7. The number of benzene rings is 2. The average Bonchev–Trinajstić information content (AvgIpc) is 2.96. The molecular formula is C23H21N3O5S. The van der Waals surface area contributed by atoms with Crippen LogP contribution in [-0.2, 0) is 6.54 Å². The minimum absolute atomic E-state index is 0.0229. The Kier molecular flexibility index (Phi) is 5.91. The number of aliphatic imine (C=N–C) groups is 1. The second-order valence-corrected chi connectivity index (χ2v) is 8.37. The number of rotatable bonds is 5. The molecule has 1 aromatic heterocycles. The summed E-state index contributed by atoms with van der Waals surface area (Å²) in [6.45, 7) is 3.63. The lowest BCUT2D eigenvalue weighted by Crippen LogP contribution is -2.34. The van der Waals surface area contributed by atoms with Gasteiger partial charge in [0.25, 0.3) is 5.56 Å². The van der Waals surface area contributed by atoms with Gasteiger partial charge in [-0.1, -0.05) is 24.3 Å². The van der Waals surface area contributed by atoms with Crippen molar-refractivity contribution in [3.63, 3.8) is 0 Å². The molecule has 0 amide bonds. The third-order valence-electron chi connectivity index (χ3n) is 5.12. The molecule has 3 aromatic rings. The van der Waals surface area contributed by atoms with Crippen molar-refractivity contribution in [2.75, 3.05) is 7.11 Å². The highest BCUT2D eigenvalue weighted by Crippen LogP contribution is 2.46. The molecule has 2 aromatic carbocycles. The van der Waals surface area contributed by atoms with E-state index < -0.39 is 17.1 Å². The number of aromatic hydroxyl groups is 2. The topological polar surface area (TPSA) is 117 Å². The summed E-state index contributed by atoms with van der Waals surface area (Å²) >= 11 is 1.55. The highest BCUT2D eigenvalue weighted by molar-refractivity contribution is 7.99. The van der Waals surface area contributed by atoms with Gasteiger partial charge >= 0.3 is 5.69 Å². The number of fused-ring (bicyclic) bond motifs is 1. The van der Waals surface area contributed by atoms with Crippen molar-refractivity contribution >= 4 is 23.2 Å². The fourth-order valence-corrected chi connectivity index (χ4v) is 4.79. The number of nitrogens with zero attached hydrogens (tertiary/aromatic N) is 2. The third kappa shape index (κ3) is 3.94. The number of phenols is 1. The summed E-state index contributed by atoms with van der Waals surface area (Å²) in [4.78, 5) is 32.7. The van der Waals surface area contributed by atoms with Gasteiger partial charge in [0.15, 0.2) is 11.5 Å². The van der Waals surface area contributed by atoms with Gasteiger partial charge in [-0.15, -0.1) is 18.3 Å². The molecule has 0 spiro atoms. The summed E-state index contributed by atoms with van der Waals surface area (Å²) in [5.41, 5.74) is 0.360. The van der Waals surface area contributed by atoms with Gasteiger partial charge in [-0.05, 0) is 29.8 Å². The first-order valence-corrected chi connectivity index (χ1v) is 10.7. The predicted molar refractivity (Wildman–Crippen MR) is 124 cm³/mol. The number of methoxy groups -OCH3 is 1. The minimum atomic E-state index is -0.722. The maximum absolute atomic E-state index is 12.7. The van der Waals surface area contributed by atoms with Crippen LogP contribution in [-0.4, -0.2) is 32.6 Å². The van der Waals surface area contributed by atoms with Gasteiger partial charge in [-0.2, -0.15) is 0 Å². The minimum Gasteiger partial charge on any atom is -0.504 e. The van der Waals surface area contributed by atoms with E-state index in [0.717, 1.165) is 15.0 Å². The lowest BCUT2D eigenvalue weighted by molar-refractivity contribution is 0.373. The first kappa shape index (κ1) is 21.5. The fraction of sp³-hybridized carbons (Fsp3) is 0.174. The Morgan fingerprint density at radius 3 is 2.81 bits per heavy atom. The van der Waals surface area contributed by atoms with E-state index in [1.54, 1.807) is 30.0 Å². The molecule has 9 heteroatoms. The van der Waals surface area contributed by atoms with E-state index in [-0.39, 0.29) is 29.5 Å². The molecule has 0 bridgehead atoms. The molecule has 1 aliphatic heterocycles. The smallest absolute Gasteiger partial charge is 0.331 e. The molecule has 2 heterocycles. The average molecular weight is 452 g/mol. The van der Waals surface area contributed by atoms with Crippen LogP contribution in [0.2, 0.25) is 0 Å². The zero-order chi connectivity index (χ0) is 22.8. The molecule has 3 N–H and O–H groups in total. The van der Waals surface area contributed by atoms with Crippen LogP contribution in [0.3, 0.4) is 0 Å². The number of nitrogens with one attached hydrogen (secondary N) is 1. The zero-order valence-electron chi connectivity index (χ0n) is 17.2. The molecule has 0 aliphatic carbocycles. The first-order chi connectivity index (χ1) is 15.4. The zero-order valence-corrected chi connectivity index (χ0v) is 18.1. The monoisotopic (exact) mass is 451 g/mol. The fourth-order valence-electron chi connectivity index (χ4n) is 3.57. The number of phenolic OH excluding ortho intramolecular Hbond substituents is 1. The van der Waals surface area contributed by atoms with E-state index in [4.69, 9.17) is 9.73 Å². The molecule has 1 atom stereocenters. The Morgan fingerprint density at radius 2 is 2.06 bits per heavy atom. The second-order valence-electron chi connectivity index (χ2n) is 7.13. The predicted octanol–water partition coefficient (Wildman–Crippen LogP) is 3.50. The standard InChI is InChI=1S/C23H21N3O5S/c1-3-10-26-22(29)20(21(28)25-23(26)30)15-12-19(13-8-9-16(27)17(11-13)31-2)32-18-7-5-4-6-14(18)24-15/h3-9,11,19,27,29H,1,10,12H2,2H3,(H,25,28,30)/t19-/m0/s1. The van der Waals surface area contributed by atoms with Gasteiger partial charge in [0, 0.05) is 23.1 Å². The van der Waals surface area contributed by atoms with E-state index in [1.807, 2.05) is 24.3 Å². The number of aromatic amines is 1. The summed E-state index contributed by atoms with van der Waals surface area (Å²) in [5.74, 6) is -0.0991. The van der Waals surface area contributed by atoms with E-state index in [0.29, 0.717) is 17.1 Å². The highest BCUT2D eigenvalue weighted by atomic mass is 32.2. The van der Waals surface area contributed by atoms with Gasteiger partial charge in [-0.25, -0.2) is 4.79 Å². The largest absolute Gasteiger partial charge is 0.504 e. The maximum atomic E-state index is 12.7. The molecule has 164 valence electrons. The van der Waals surface area contributed by atoms with Crippen molar-refractivity contribution < 1.29 is 14.9 Å². The van der Waals surface area contributed by atoms with Crippen molar-refractivity contribution in [3.05, 3.63) is 87.1 Å². The van der Waals surface area contributed by atoms with E-state index in [2.05, 4.69) is 11.6 Å². The third-order valence-corrected chi connectivity index (χ3v) is 6.44. The van der Waals surface area contributed by atoms with Gasteiger partial charge in [0.1, 0.15) is 5.56 Å². The summed E-state index contributed by atoms with van der Waals surface area (Å²) < 4.78 is 6.29. The van der Waals surface area contributed by atoms with Crippen LogP contribution in [0.5, 0.6) is 17.4 Å². The van der Waals surface area contributed by atoms with Crippen molar-refractivity contribution in [2.45, 2.75) is 23.1 Å². The van der Waals surface area contributed by atoms with Crippen LogP contribution >= 0.6 is 11.8 Å². The second kappa shape index (κ2) is 8.80. The van der Waals surface area contributed by atoms with Crippen molar-refractivity contribution in [3.8, 4) is 17.4 Å². The number of para-hydroxylation sites is 1. The van der Waals surface area contributed by atoms with E-state index in [1.165, 1.54) is 13.2 Å². The molecule has 0 saturated carbocycles. The summed E-state index contributed by atoms with van der Waals surface area (Å²) in [6, 6.07) is 12.6. The Balaban J connectivity index is 1.90. The summed E-state index contributed by atoms with van der Waals surface area (Å²) in [5, 5.41) is 20.6. The lowest BCUT2D eigenvalue weighted by atomic mass is 10.0. The SMILES string of the molecule is C=CCn1c(O)c(C2=Nc3ccccc3S[C@H](c3ccc(O)c(OC)c3)C2)c(=O)[nH]c1=O. The molecule has 0 unspecified atom stereocenters. The molecular weight excluding hydrogens is 430 g/mol. The maximum Gasteiger partial charge on any atom is 0.331 e. The molecule has 32 heavy (non-hydrogen) atoms. The summed E-state index contributed by atoms with van der Waals surface area (Å²) in [6.07, 6.45) is 1.74. The summed E-state index contributed by atoms with van der Waals surface area (Å²) in [7, 11) is 1.47. The Labute approximate surface area is 187 Å². The van der Waals surface area contributed by atoms with Crippen LogP contribution in [0.25, 0.3) is 0 Å². The van der Waals surface area contributed by atoms with Crippen LogP contribution in [0.15, 0.2) is 74.6 Å². The van der Waals surface area contributed by atoms with Crippen molar-refractivity contribution in [2.24, 2.45) is 4.99 Å². The molecule has 0 radical (unpaired) electrons. The molecule has 8 nitrogen and oxygen atoms in total. The first-order valence-electron chi connectivity index (χ1n) is 9.80. The van der Waals surface area contributed by atoms with Gasteiger partial charge < -0.3 is 14.9 Å². The van der Waals surface area contributed by atoms with Crippen molar-refractivity contribution in [1.29, 1.82) is 0 Å². The van der Waals surface area contributed by atoms with Crippen LogP contribution in [0.4, 0.5) is 5.69 Å². The normalized spacial score (nSPS) is 15.4. The highest BCUT2D eigenvalue weighted by Gasteiger charge is 2.27. The molecule has 0 fully saturated rings.